The van der Waals surface area contributed by atoms with Crippen LogP contribution >= 0.6 is 15.9 Å². The van der Waals surface area contributed by atoms with Crippen LogP contribution in [0.1, 0.15) is 11.1 Å². The average Bonchev–Trinajstić information content (AvgIpc) is 2.49. The molecule has 6 heteroatoms. The van der Waals surface area contributed by atoms with Gasteiger partial charge in [0.1, 0.15) is 11.9 Å². The van der Waals surface area contributed by atoms with E-state index < -0.39 is 11.9 Å². The summed E-state index contributed by atoms with van der Waals surface area (Å²) in [6, 6.07) is 12.3. The van der Waals surface area contributed by atoms with Gasteiger partial charge in [-0.1, -0.05) is 40.2 Å². The minimum absolute atomic E-state index is 0.0581. The van der Waals surface area contributed by atoms with Gasteiger partial charge in [0.05, 0.1) is 6.42 Å². The molecule has 2 aromatic carbocycles. The first-order valence-electron chi connectivity index (χ1n) is 7.01. The minimum Gasteiger partial charge on any atom is -0.368 e. The number of primary amides is 1. The lowest BCUT2D eigenvalue weighted by Gasteiger charge is -2.16. The molecule has 0 saturated heterocycles. The van der Waals surface area contributed by atoms with E-state index in [4.69, 9.17) is 5.73 Å². The van der Waals surface area contributed by atoms with Crippen LogP contribution in [0.3, 0.4) is 0 Å². The van der Waals surface area contributed by atoms with Crippen molar-refractivity contribution in [3.05, 3.63) is 69.9 Å². The van der Waals surface area contributed by atoms with Crippen LogP contribution in [-0.4, -0.2) is 17.9 Å². The lowest BCUT2D eigenvalue weighted by atomic mass is 10.0. The number of benzene rings is 2. The van der Waals surface area contributed by atoms with Crippen LogP contribution in [0.4, 0.5) is 4.39 Å². The molecular formula is C17H16BrFN2O2. The van der Waals surface area contributed by atoms with Crippen LogP contribution in [-0.2, 0) is 22.4 Å². The van der Waals surface area contributed by atoms with Gasteiger partial charge in [0.15, 0.2) is 0 Å². The van der Waals surface area contributed by atoms with Crippen molar-refractivity contribution >= 4 is 27.7 Å². The van der Waals surface area contributed by atoms with Gasteiger partial charge in [0.25, 0.3) is 0 Å². The number of hydrogen-bond donors (Lipinski definition) is 2. The van der Waals surface area contributed by atoms with Crippen molar-refractivity contribution in [1.82, 2.24) is 5.32 Å². The fraction of sp³-hybridized carbons (Fsp3) is 0.176. The van der Waals surface area contributed by atoms with E-state index in [1.807, 2.05) is 24.3 Å². The van der Waals surface area contributed by atoms with E-state index >= 15 is 0 Å². The van der Waals surface area contributed by atoms with Gasteiger partial charge in [0, 0.05) is 10.9 Å². The molecule has 0 aliphatic heterocycles. The average molecular weight is 379 g/mol. The number of amides is 2. The molecule has 0 aromatic heterocycles. The molecule has 1 atom stereocenters. The summed E-state index contributed by atoms with van der Waals surface area (Å²) in [7, 11) is 0. The maximum Gasteiger partial charge on any atom is 0.240 e. The topological polar surface area (TPSA) is 72.2 Å². The largest absolute Gasteiger partial charge is 0.368 e. The molecule has 0 aliphatic carbocycles. The zero-order chi connectivity index (χ0) is 16.8. The predicted molar refractivity (Wildman–Crippen MR) is 89.1 cm³/mol. The van der Waals surface area contributed by atoms with E-state index in [1.165, 1.54) is 24.3 Å². The highest BCUT2D eigenvalue weighted by molar-refractivity contribution is 9.10. The fourth-order valence-electron chi connectivity index (χ4n) is 2.16. The molecule has 2 aromatic rings. The van der Waals surface area contributed by atoms with Gasteiger partial charge in [-0.3, -0.25) is 9.59 Å². The molecular weight excluding hydrogens is 363 g/mol. The minimum atomic E-state index is -0.794. The molecule has 0 radical (unpaired) electrons. The first kappa shape index (κ1) is 17.1. The molecule has 0 unspecified atom stereocenters. The number of hydrogen-bond acceptors (Lipinski definition) is 2. The zero-order valence-corrected chi connectivity index (χ0v) is 13.8. The molecule has 120 valence electrons. The Morgan fingerprint density at radius 1 is 1.13 bits per heavy atom. The van der Waals surface area contributed by atoms with Crippen LogP contribution in [0.15, 0.2) is 53.0 Å². The van der Waals surface area contributed by atoms with Gasteiger partial charge in [-0.15, -0.1) is 0 Å². The van der Waals surface area contributed by atoms with E-state index in [0.29, 0.717) is 12.0 Å². The normalized spacial score (nSPS) is 11.7. The molecule has 0 spiro atoms. The number of nitrogens with one attached hydrogen (secondary N) is 1. The number of nitrogens with two attached hydrogens (primary N) is 1. The molecule has 3 N–H and O–H groups in total. The number of rotatable bonds is 6. The first-order chi connectivity index (χ1) is 10.9. The maximum absolute atomic E-state index is 12.8. The van der Waals surface area contributed by atoms with Gasteiger partial charge < -0.3 is 11.1 Å². The van der Waals surface area contributed by atoms with Crippen molar-refractivity contribution in [2.24, 2.45) is 5.73 Å². The Kier molecular flexibility index (Phi) is 5.87. The summed E-state index contributed by atoms with van der Waals surface area (Å²) in [5.74, 6) is -1.30. The second-order valence-electron chi connectivity index (χ2n) is 5.16. The summed E-state index contributed by atoms with van der Waals surface area (Å²) < 4.78 is 13.7. The quantitative estimate of drug-likeness (QED) is 0.809. The maximum atomic E-state index is 12.8. The summed E-state index contributed by atoms with van der Waals surface area (Å²) >= 11 is 3.36. The molecule has 2 amide bonds. The van der Waals surface area contributed by atoms with E-state index in [0.717, 1.165) is 10.0 Å². The fourth-order valence-corrected chi connectivity index (χ4v) is 2.60. The van der Waals surface area contributed by atoms with Gasteiger partial charge in [-0.05, 0) is 35.4 Å². The molecule has 23 heavy (non-hydrogen) atoms. The third-order valence-electron chi connectivity index (χ3n) is 3.29. The SMILES string of the molecule is NC(=O)[C@@H](Cc1cccc(Br)c1)NC(=O)Cc1ccc(F)cc1. The van der Waals surface area contributed by atoms with Crippen molar-refractivity contribution in [3.8, 4) is 0 Å². The van der Waals surface area contributed by atoms with Crippen molar-refractivity contribution in [2.75, 3.05) is 0 Å². The summed E-state index contributed by atoms with van der Waals surface area (Å²) in [4.78, 5) is 23.6. The van der Waals surface area contributed by atoms with Crippen molar-refractivity contribution in [2.45, 2.75) is 18.9 Å². The number of halogens is 2. The van der Waals surface area contributed by atoms with Gasteiger partial charge in [-0.2, -0.15) is 0 Å². The Hall–Kier alpha value is -2.21. The van der Waals surface area contributed by atoms with Crippen LogP contribution in [0.25, 0.3) is 0 Å². The van der Waals surface area contributed by atoms with Crippen molar-refractivity contribution < 1.29 is 14.0 Å². The van der Waals surface area contributed by atoms with E-state index in [9.17, 15) is 14.0 Å². The number of carbonyl (C=O) groups excluding carboxylic acids is 2. The Morgan fingerprint density at radius 2 is 1.83 bits per heavy atom. The summed E-state index contributed by atoms with van der Waals surface area (Å²) in [5.41, 5.74) is 6.91. The summed E-state index contributed by atoms with van der Waals surface area (Å²) in [6.45, 7) is 0. The van der Waals surface area contributed by atoms with Crippen LogP contribution in [0, 0.1) is 5.82 Å². The highest BCUT2D eigenvalue weighted by Gasteiger charge is 2.18. The highest BCUT2D eigenvalue weighted by atomic mass is 79.9. The molecule has 0 saturated carbocycles. The van der Waals surface area contributed by atoms with Gasteiger partial charge in [-0.25, -0.2) is 4.39 Å². The van der Waals surface area contributed by atoms with Crippen molar-refractivity contribution in [3.63, 3.8) is 0 Å². The molecule has 2 rings (SSSR count). The molecule has 0 fully saturated rings. The van der Waals surface area contributed by atoms with Crippen LogP contribution in [0.2, 0.25) is 0 Å². The molecule has 4 nitrogen and oxygen atoms in total. The second kappa shape index (κ2) is 7.87. The summed E-state index contributed by atoms with van der Waals surface area (Å²) in [5, 5.41) is 2.62. The monoisotopic (exact) mass is 378 g/mol. The molecule has 0 heterocycles. The third-order valence-corrected chi connectivity index (χ3v) is 3.78. The van der Waals surface area contributed by atoms with Crippen LogP contribution in [0.5, 0.6) is 0 Å². The molecule has 0 bridgehead atoms. The Bertz CT molecular complexity index is 704. The third kappa shape index (κ3) is 5.49. The number of carbonyl (C=O) groups is 2. The van der Waals surface area contributed by atoms with Gasteiger partial charge >= 0.3 is 0 Å². The highest BCUT2D eigenvalue weighted by Crippen LogP contribution is 2.13. The predicted octanol–water partition coefficient (Wildman–Crippen LogP) is 2.34. The molecule has 0 aliphatic rings. The van der Waals surface area contributed by atoms with Crippen LogP contribution < -0.4 is 11.1 Å². The Morgan fingerprint density at radius 3 is 2.43 bits per heavy atom. The van der Waals surface area contributed by atoms with E-state index in [1.54, 1.807) is 0 Å². The Labute approximate surface area is 142 Å². The zero-order valence-electron chi connectivity index (χ0n) is 12.3. The second-order valence-corrected chi connectivity index (χ2v) is 6.08. The standard InChI is InChI=1S/C17H16BrFN2O2/c18-13-3-1-2-12(8-13)9-15(17(20)23)21-16(22)10-11-4-6-14(19)7-5-11/h1-8,15H,9-10H2,(H2,20,23)(H,21,22)/t15-/m1/s1. The Balaban J connectivity index is 1.99. The smallest absolute Gasteiger partial charge is 0.240 e. The van der Waals surface area contributed by atoms with E-state index in [2.05, 4.69) is 21.2 Å². The lowest BCUT2D eigenvalue weighted by Crippen LogP contribution is -2.46. The van der Waals surface area contributed by atoms with Gasteiger partial charge in [0.2, 0.25) is 11.8 Å². The first-order valence-corrected chi connectivity index (χ1v) is 7.81. The summed E-state index contributed by atoms with van der Waals surface area (Å²) in [6.07, 6.45) is 0.368. The lowest BCUT2D eigenvalue weighted by molar-refractivity contribution is -0.127. The van der Waals surface area contributed by atoms with E-state index in [-0.39, 0.29) is 18.1 Å². The van der Waals surface area contributed by atoms with Crippen molar-refractivity contribution in [1.29, 1.82) is 0 Å².